The first-order chi connectivity index (χ1) is 32.5. The number of carbonyl (C=O) groups is 4. The summed E-state index contributed by atoms with van der Waals surface area (Å²) < 4.78 is 18.1. The van der Waals surface area contributed by atoms with Crippen molar-refractivity contribution in [2.24, 2.45) is 0 Å². The second-order valence-electron chi connectivity index (χ2n) is 18.5. The van der Waals surface area contributed by atoms with Crippen LogP contribution in [-0.2, 0) is 33.4 Å². The number of esters is 2. The first kappa shape index (κ1) is 60.3. The normalized spacial score (nSPS) is 19.2. The minimum atomic E-state index is -1.64. The van der Waals surface area contributed by atoms with E-state index in [9.17, 15) is 39.6 Å². The Morgan fingerprint density at radius 3 is 1.64 bits per heavy atom. The van der Waals surface area contributed by atoms with Crippen LogP contribution in [0.25, 0.3) is 0 Å². The lowest BCUT2D eigenvalue weighted by Gasteiger charge is -2.39. The topological polar surface area (TPSA) is 232 Å². The zero-order valence-corrected chi connectivity index (χ0v) is 42.4. The van der Waals surface area contributed by atoms with Crippen LogP contribution in [0.4, 0.5) is 5.82 Å². The van der Waals surface area contributed by atoms with Gasteiger partial charge in [0.25, 0.3) is 0 Å². The van der Waals surface area contributed by atoms with Crippen LogP contribution in [0.5, 0.6) is 0 Å². The summed E-state index contributed by atoms with van der Waals surface area (Å²) in [6.07, 6.45) is 24.0. The molecule has 0 radical (unpaired) electrons. The Kier molecular flexibility index (Phi) is 35.1. The van der Waals surface area contributed by atoms with E-state index < -0.39 is 55.3 Å². The molecule has 1 aliphatic heterocycles. The van der Waals surface area contributed by atoms with E-state index in [1.165, 1.54) is 114 Å². The Morgan fingerprint density at radius 1 is 0.657 bits per heavy atom. The highest BCUT2D eigenvalue weighted by Crippen LogP contribution is 2.28. The number of unbranched alkanes of at least 4 members (excludes halogenated alkanes) is 24. The smallest absolute Gasteiger partial charge is 0.306 e. The third kappa shape index (κ3) is 27.8. The predicted molar refractivity (Wildman–Crippen MR) is 263 cm³/mol. The summed E-state index contributed by atoms with van der Waals surface area (Å²) in [5.41, 5.74) is 0. The van der Waals surface area contributed by atoms with Crippen LogP contribution in [0, 0.1) is 0 Å². The number of ether oxygens (including phenoxy) is 3. The number of anilines is 1. The number of aliphatic hydroxyl groups excluding tert-OH is 4. The molecule has 0 saturated carbocycles. The Morgan fingerprint density at radius 2 is 1.13 bits per heavy atom. The molecule has 0 bridgehead atoms. The van der Waals surface area contributed by atoms with Gasteiger partial charge in [-0.25, -0.2) is 4.68 Å². The van der Waals surface area contributed by atoms with E-state index >= 15 is 0 Å². The van der Waals surface area contributed by atoms with E-state index in [1.54, 1.807) is 0 Å². The third-order valence-electron chi connectivity index (χ3n) is 12.3. The maximum Gasteiger partial charge on any atom is 0.306 e. The van der Waals surface area contributed by atoms with Crippen LogP contribution < -0.4 is 10.6 Å². The summed E-state index contributed by atoms with van der Waals surface area (Å²) >= 11 is 1.28. The van der Waals surface area contributed by atoms with Gasteiger partial charge in [-0.05, 0) is 19.3 Å². The molecular weight excluding hydrogens is 879 g/mol. The van der Waals surface area contributed by atoms with Gasteiger partial charge in [-0.15, -0.1) is 5.10 Å². The molecule has 1 aromatic heterocycles. The van der Waals surface area contributed by atoms with Crippen molar-refractivity contribution in [1.82, 2.24) is 20.3 Å². The second kappa shape index (κ2) is 39.0. The van der Waals surface area contributed by atoms with E-state index in [1.807, 2.05) is 0 Å². The van der Waals surface area contributed by atoms with Crippen LogP contribution in [0.2, 0.25) is 0 Å². The van der Waals surface area contributed by atoms with E-state index in [4.69, 9.17) is 14.2 Å². The molecule has 0 spiro atoms. The Hall–Kier alpha value is -2.83. The minimum absolute atomic E-state index is 0.0349. The standard InChI is InChI=1S/C50H91N5O11S/c1-4-7-10-13-16-19-22-25-28-31-43(57)51-40(49(63)52-42-34-55(54-53-42)50-48(62)47(61)46(60)41(35-56)66-50)38-67-37-39(65-45(59)33-30-27-24-21-18-15-12-9-6-3)36-64-44(58)32-29-26-23-20-17-14-11-8-5-2/h34,39-41,46-48,50,56,60-62H,4-33,35-38H2,1-3H3,(H,51,57)(H,52,63)/t39-,40-,41?,46?,47?,48?,50?/m1/s1. The number of hydrogen-bond donors (Lipinski definition) is 6. The lowest BCUT2D eigenvalue weighted by Crippen LogP contribution is -2.56. The molecule has 1 aliphatic rings. The fraction of sp³-hybridized carbons (Fsp3) is 0.880. The maximum atomic E-state index is 13.8. The molecule has 2 heterocycles. The Labute approximate surface area is 406 Å². The fourth-order valence-electron chi connectivity index (χ4n) is 8.11. The van der Waals surface area contributed by atoms with Crippen LogP contribution >= 0.6 is 11.8 Å². The van der Waals surface area contributed by atoms with Crippen molar-refractivity contribution >= 4 is 41.3 Å². The van der Waals surface area contributed by atoms with Gasteiger partial charge in [0, 0.05) is 30.8 Å². The third-order valence-corrected chi connectivity index (χ3v) is 13.5. The molecule has 16 nitrogen and oxygen atoms in total. The average molecular weight is 970 g/mol. The quantitative estimate of drug-likeness (QED) is 0.0266. The maximum absolute atomic E-state index is 13.8. The molecule has 1 aromatic rings. The van der Waals surface area contributed by atoms with Gasteiger partial charge in [0.1, 0.15) is 43.2 Å². The monoisotopic (exact) mass is 970 g/mol. The number of carbonyl (C=O) groups excluding carboxylic acids is 4. The summed E-state index contributed by atoms with van der Waals surface area (Å²) in [4.78, 5) is 52.9. The second-order valence-corrected chi connectivity index (χ2v) is 19.6. The predicted octanol–water partition coefficient (Wildman–Crippen LogP) is 8.62. The summed E-state index contributed by atoms with van der Waals surface area (Å²) in [5.74, 6) is -1.33. The number of aliphatic hydroxyl groups is 4. The van der Waals surface area contributed by atoms with Crippen LogP contribution in [0.3, 0.4) is 0 Å². The molecule has 0 aliphatic carbocycles. The molecule has 5 unspecified atom stereocenters. The van der Waals surface area contributed by atoms with Gasteiger partial charge in [-0.3, -0.25) is 19.2 Å². The molecule has 17 heteroatoms. The summed E-state index contributed by atoms with van der Waals surface area (Å²) in [7, 11) is 0. The zero-order chi connectivity index (χ0) is 48.9. The first-order valence-corrected chi connectivity index (χ1v) is 27.4. The van der Waals surface area contributed by atoms with Gasteiger partial charge < -0.3 is 45.3 Å². The van der Waals surface area contributed by atoms with Gasteiger partial charge >= 0.3 is 11.9 Å². The molecule has 7 atom stereocenters. The lowest BCUT2D eigenvalue weighted by atomic mass is 9.98. The average Bonchev–Trinajstić information content (AvgIpc) is 3.78. The number of rotatable bonds is 42. The van der Waals surface area contributed by atoms with Crippen molar-refractivity contribution in [2.45, 2.75) is 256 Å². The number of thioether (sulfide) groups is 1. The van der Waals surface area contributed by atoms with Crippen molar-refractivity contribution in [3.05, 3.63) is 6.20 Å². The summed E-state index contributed by atoms with van der Waals surface area (Å²) in [5, 5.41) is 54.1. The number of hydrogen-bond acceptors (Lipinski definition) is 14. The molecule has 2 rings (SSSR count). The summed E-state index contributed by atoms with van der Waals surface area (Å²) in [6.45, 7) is 5.87. The van der Waals surface area contributed by atoms with Crippen molar-refractivity contribution < 1.29 is 53.8 Å². The van der Waals surface area contributed by atoms with Crippen LogP contribution in [0.15, 0.2) is 6.20 Å². The van der Waals surface area contributed by atoms with E-state index in [2.05, 4.69) is 41.7 Å². The Balaban J connectivity index is 2.06. The zero-order valence-electron chi connectivity index (χ0n) is 41.6. The van der Waals surface area contributed by atoms with Gasteiger partial charge in [0.15, 0.2) is 12.0 Å². The Bertz CT molecular complexity index is 1440. The SMILES string of the molecule is CCCCCCCCCCCC(=O)N[C@H](CSC[C@@H](COC(=O)CCCCCCCCCCC)OC(=O)CCCCCCCCCCC)C(=O)Nc1cn(C2OC(CO)C(O)C(O)C2O)nn1. The molecule has 2 amide bonds. The van der Waals surface area contributed by atoms with E-state index in [0.29, 0.717) is 12.8 Å². The lowest BCUT2D eigenvalue weighted by molar-refractivity contribution is -0.254. The van der Waals surface area contributed by atoms with Crippen molar-refractivity contribution in [3.8, 4) is 0 Å². The molecule has 6 N–H and O–H groups in total. The highest BCUT2D eigenvalue weighted by atomic mass is 32.2. The van der Waals surface area contributed by atoms with Crippen molar-refractivity contribution in [3.63, 3.8) is 0 Å². The number of nitrogens with zero attached hydrogens (tertiary/aromatic N) is 3. The molecule has 1 fully saturated rings. The minimum Gasteiger partial charge on any atom is -0.462 e. The molecule has 1 saturated heterocycles. The number of amides is 2. The van der Waals surface area contributed by atoms with Gasteiger partial charge in [0.2, 0.25) is 11.8 Å². The van der Waals surface area contributed by atoms with Gasteiger partial charge in [0.05, 0.1) is 12.8 Å². The van der Waals surface area contributed by atoms with Gasteiger partial charge in [-0.1, -0.05) is 180 Å². The molecule has 67 heavy (non-hydrogen) atoms. The molecule has 388 valence electrons. The van der Waals surface area contributed by atoms with E-state index in [0.717, 1.165) is 68.9 Å². The number of aromatic nitrogens is 3. The molecular formula is C50H91N5O11S. The molecule has 0 aromatic carbocycles. The van der Waals surface area contributed by atoms with Gasteiger partial charge in [-0.2, -0.15) is 11.8 Å². The largest absolute Gasteiger partial charge is 0.462 e. The summed E-state index contributed by atoms with van der Waals surface area (Å²) in [6, 6.07) is -1.04. The van der Waals surface area contributed by atoms with E-state index in [-0.39, 0.29) is 61.0 Å². The first-order valence-electron chi connectivity index (χ1n) is 26.3. The highest BCUT2D eigenvalue weighted by Gasteiger charge is 2.45. The van der Waals surface area contributed by atoms with Crippen molar-refractivity contribution in [1.29, 1.82) is 0 Å². The highest BCUT2D eigenvalue weighted by molar-refractivity contribution is 7.99. The van der Waals surface area contributed by atoms with Crippen LogP contribution in [0.1, 0.15) is 220 Å². The van der Waals surface area contributed by atoms with Crippen molar-refractivity contribution in [2.75, 3.05) is 30.0 Å². The fourth-order valence-corrected chi connectivity index (χ4v) is 9.15. The number of nitrogens with one attached hydrogen (secondary N) is 2. The van der Waals surface area contributed by atoms with Crippen LogP contribution in [-0.4, -0.2) is 120 Å².